The number of aromatic nitrogens is 2. The average Bonchev–Trinajstić information content (AvgIpc) is 2.75. The van der Waals surface area contributed by atoms with Gasteiger partial charge in [-0.15, -0.1) is 0 Å². The summed E-state index contributed by atoms with van der Waals surface area (Å²) < 4.78 is 7.89. The van der Waals surface area contributed by atoms with Crippen LogP contribution < -0.4 is 10.1 Å². The molecule has 1 saturated carbocycles. The van der Waals surface area contributed by atoms with E-state index in [1.54, 1.807) is 0 Å². The highest BCUT2D eigenvalue weighted by Gasteiger charge is 2.21. The first-order chi connectivity index (χ1) is 7.42. The Morgan fingerprint density at radius 2 is 2.13 bits per heavy atom. The van der Waals surface area contributed by atoms with Crippen LogP contribution in [0.3, 0.4) is 0 Å². The first-order valence-electron chi connectivity index (χ1n) is 5.83. The van der Waals surface area contributed by atoms with E-state index in [1.807, 2.05) is 17.1 Å². The molecule has 0 unspecified atom stereocenters. The van der Waals surface area contributed by atoms with E-state index >= 15 is 0 Å². The van der Waals surface area contributed by atoms with Gasteiger partial charge in [0.15, 0.2) is 5.75 Å². The second-order valence-corrected chi connectivity index (χ2v) is 4.49. The second kappa shape index (κ2) is 3.85. The molecule has 3 rings (SSSR count). The Labute approximate surface area is 89.6 Å². The van der Waals surface area contributed by atoms with Crippen molar-refractivity contribution in [1.82, 2.24) is 15.1 Å². The number of hydrogen-bond acceptors (Lipinski definition) is 3. The molecule has 1 aromatic heterocycles. The van der Waals surface area contributed by atoms with Crippen LogP contribution in [0.2, 0.25) is 0 Å². The van der Waals surface area contributed by atoms with Gasteiger partial charge in [-0.2, -0.15) is 5.10 Å². The van der Waals surface area contributed by atoms with Crippen molar-refractivity contribution in [3.8, 4) is 5.75 Å². The van der Waals surface area contributed by atoms with Gasteiger partial charge in [0, 0.05) is 13.1 Å². The summed E-state index contributed by atoms with van der Waals surface area (Å²) in [6, 6.07) is 0.533. The minimum atomic E-state index is 0.433. The van der Waals surface area contributed by atoms with Gasteiger partial charge in [0.05, 0.1) is 24.5 Å². The summed E-state index contributed by atoms with van der Waals surface area (Å²) in [6.07, 6.45) is 9.34. The molecule has 2 aliphatic rings. The van der Waals surface area contributed by atoms with Crippen molar-refractivity contribution in [1.29, 1.82) is 0 Å². The standard InChI is InChI=1S/C11H17N3O/c1-2-4-10(3-1)15-11-7-13-14(8-11)9-5-12-6-9/h7-10,12H,1-6H2. The predicted molar refractivity (Wildman–Crippen MR) is 57.0 cm³/mol. The summed E-state index contributed by atoms with van der Waals surface area (Å²) in [5, 5.41) is 7.57. The van der Waals surface area contributed by atoms with Crippen molar-refractivity contribution >= 4 is 0 Å². The Morgan fingerprint density at radius 3 is 2.80 bits per heavy atom. The van der Waals surface area contributed by atoms with E-state index in [0.29, 0.717) is 12.1 Å². The van der Waals surface area contributed by atoms with Crippen molar-refractivity contribution in [3.05, 3.63) is 12.4 Å². The molecule has 1 aliphatic carbocycles. The largest absolute Gasteiger partial charge is 0.487 e. The Morgan fingerprint density at radius 1 is 1.33 bits per heavy atom. The van der Waals surface area contributed by atoms with Crippen LogP contribution in [-0.2, 0) is 0 Å². The van der Waals surface area contributed by atoms with Gasteiger partial charge in [-0.1, -0.05) is 0 Å². The summed E-state index contributed by atoms with van der Waals surface area (Å²) in [5.74, 6) is 0.939. The summed E-state index contributed by atoms with van der Waals surface area (Å²) >= 11 is 0. The third-order valence-electron chi connectivity index (χ3n) is 3.32. The number of nitrogens with zero attached hydrogens (tertiary/aromatic N) is 2. The minimum Gasteiger partial charge on any atom is -0.487 e. The summed E-state index contributed by atoms with van der Waals surface area (Å²) in [5.41, 5.74) is 0. The quantitative estimate of drug-likeness (QED) is 0.813. The molecule has 0 spiro atoms. The molecule has 82 valence electrons. The molecule has 0 amide bonds. The van der Waals surface area contributed by atoms with Crippen LogP contribution in [0.15, 0.2) is 12.4 Å². The number of hydrogen-bond donors (Lipinski definition) is 1. The van der Waals surface area contributed by atoms with E-state index in [9.17, 15) is 0 Å². The van der Waals surface area contributed by atoms with Gasteiger partial charge in [0.1, 0.15) is 0 Å². The minimum absolute atomic E-state index is 0.433. The first-order valence-corrected chi connectivity index (χ1v) is 5.83. The smallest absolute Gasteiger partial charge is 0.157 e. The summed E-state index contributed by atoms with van der Waals surface area (Å²) in [7, 11) is 0. The Kier molecular flexibility index (Phi) is 2.37. The van der Waals surface area contributed by atoms with E-state index in [-0.39, 0.29) is 0 Å². The molecule has 2 heterocycles. The summed E-state index contributed by atoms with van der Waals surface area (Å²) in [4.78, 5) is 0. The predicted octanol–water partition coefficient (Wildman–Crippen LogP) is 1.35. The van der Waals surface area contributed by atoms with E-state index in [0.717, 1.165) is 18.8 Å². The molecular formula is C11H17N3O. The number of ether oxygens (including phenoxy) is 1. The van der Waals surface area contributed by atoms with Gasteiger partial charge in [0.25, 0.3) is 0 Å². The number of nitrogens with one attached hydrogen (secondary N) is 1. The fraction of sp³-hybridized carbons (Fsp3) is 0.727. The molecule has 15 heavy (non-hydrogen) atoms. The fourth-order valence-electron chi connectivity index (χ4n) is 2.24. The highest BCUT2D eigenvalue weighted by molar-refractivity contribution is 5.13. The van der Waals surface area contributed by atoms with Gasteiger partial charge >= 0.3 is 0 Å². The maximum Gasteiger partial charge on any atom is 0.157 e. The molecule has 0 aromatic carbocycles. The lowest BCUT2D eigenvalue weighted by atomic mass is 10.2. The van der Waals surface area contributed by atoms with Crippen molar-refractivity contribution in [3.63, 3.8) is 0 Å². The van der Waals surface area contributed by atoms with Crippen LogP contribution in [0.5, 0.6) is 5.75 Å². The Hall–Kier alpha value is -1.03. The number of rotatable bonds is 3. The third kappa shape index (κ3) is 1.86. The van der Waals surface area contributed by atoms with Crippen molar-refractivity contribution in [2.45, 2.75) is 37.8 Å². The van der Waals surface area contributed by atoms with Crippen LogP contribution in [-0.4, -0.2) is 29.0 Å². The highest BCUT2D eigenvalue weighted by atomic mass is 16.5. The van der Waals surface area contributed by atoms with E-state index in [1.165, 1.54) is 25.7 Å². The normalized spacial score (nSPS) is 22.9. The van der Waals surface area contributed by atoms with Crippen LogP contribution in [0.25, 0.3) is 0 Å². The molecule has 0 bridgehead atoms. The van der Waals surface area contributed by atoms with Gasteiger partial charge < -0.3 is 10.1 Å². The van der Waals surface area contributed by atoms with Crippen LogP contribution in [0.1, 0.15) is 31.7 Å². The molecule has 1 aliphatic heterocycles. The highest BCUT2D eigenvalue weighted by Crippen LogP contribution is 2.24. The zero-order chi connectivity index (χ0) is 10.1. The molecule has 1 saturated heterocycles. The molecule has 2 fully saturated rings. The summed E-state index contributed by atoms with van der Waals surface area (Å²) in [6.45, 7) is 2.06. The second-order valence-electron chi connectivity index (χ2n) is 4.49. The van der Waals surface area contributed by atoms with Crippen LogP contribution in [0, 0.1) is 0 Å². The zero-order valence-electron chi connectivity index (χ0n) is 8.85. The SMILES string of the molecule is c1nn(C2CNC2)cc1OC1CCCC1. The molecule has 4 nitrogen and oxygen atoms in total. The lowest BCUT2D eigenvalue weighted by Gasteiger charge is -2.27. The maximum atomic E-state index is 5.87. The molecule has 0 atom stereocenters. The molecule has 4 heteroatoms. The molecular weight excluding hydrogens is 190 g/mol. The van der Waals surface area contributed by atoms with E-state index in [4.69, 9.17) is 4.74 Å². The molecule has 0 radical (unpaired) electrons. The Balaban J connectivity index is 1.62. The van der Waals surface area contributed by atoms with Gasteiger partial charge in [-0.05, 0) is 25.7 Å². The van der Waals surface area contributed by atoms with Crippen LogP contribution in [0.4, 0.5) is 0 Å². The molecule has 1 aromatic rings. The third-order valence-corrected chi connectivity index (χ3v) is 3.32. The average molecular weight is 207 g/mol. The van der Waals surface area contributed by atoms with Gasteiger partial charge in [-0.3, -0.25) is 4.68 Å². The monoisotopic (exact) mass is 207 g/mol. The zero-order valence-corrected chi connectivity index (χ0v) is 8.85. The lowest BCUT2D eigenvalue weighted by molar-refractivity contribution is 0.209. The van der Waals surface area contributed by atoms with Crippen molar-refractivity contribution < 1.29 is 4.74 Å². The van der Waals surface area contributed by atoms with E-state index < -0.39 is 0 Å². The van der Waals surface area contributed by atoms with Crippen molar-refractivity contribution in [2.75, 3.05) is 13.1 Å². The van der Waals surface area contributed by atoms with Gasteiger partial charge in [-0.25, -0.2) is 0 Å². The topological polar surface area (TPSA) is 39.1 Å². The lowest BCUT2D eigenvalue weighted by Crippen LogP contribution is -2.43. The first kappa shape index (κ1) is 9.21. The van der Waals surface area contributed by atoms with Crippen molar-refractivity contribution in [2.24, 2.45) is 0 Å². The van der Waals surface area contributed by atoms with Gasteiger partial charge in [0.2, 0.25) is 0 Å². The van der Waals surface area contributed by atoms with Crippen LogP contribution >= 0.6 is 0 Å². The maximum absolute atomic E-state index is 5.87. The fourth-order valence-corrected chi connectivity index (χ4v) is 2.24. The molecule has 1 N–H and O–H groups in total. The van der Waals surface area contributed by atoms with E-state index in [2.05, 4.69) is 10.4 Å². The Bertz CT molecular complexity index is 326.